The molecule has 3 atom stereocenters. The second-order valence-electron chi connectivity index (χ2n) is 10.2. The summed E-state index contributed by atoms with van der Waals surface area (Å²) in [5, 5.41) is 6.37. The van der Waals surface area contributed by atoms with Crippen LogP contribution in [0.15, 0.2) is 83.8 Å². The van der Waals surface area contributed by atoms with Crippen LogP contribution < -0.4 is 20.1 Å². The van der Waals surface area contributed by atoms with Gasteiger partial charge in [-0.15, -0.1) is 0 Å². The molecule has 1 amide bonds. The predicted octanol–water partition coefficient (Wildman–Crippen LogP) is 3.62. The minimum Gasteiger partial charge on any atom is -0.493 e. The Kier molecular flexibility index (Phi) is 10.7. The maximum Gasteiger partial charge on any atom is 0.240 e. The first-order valence-electron chi connectivity index (χ1n) is 13.7. The zero-order valence-electron chi connectivity index (χ0n) is 23.1. The van der Waals surface area contributed by atoms with E-state index in [1.165, 1.54) is 0 Å². The molecular formula is C31H39N3O5S. The molecule has 1 saturated heterocycles. The van der Waals surface area contributed by atoms with E-state index in [0.717, 1.165) is 28.9 Å². The lowest BCUT2D eigenvalue weighted by molar-refractivity contribution is -0.125. The van der Waals surface area contributed by atoms with Crippen LogP contribution >= 0.6 is 0 Å². The fraction of sp³-hybridized carbons (Fsp3) is 0.387. The normalized spacial score (nSPS) is 18.1. The second-order valence-corrected chi connectivity index (χ2v) is 11.9. The van der Waals surface area contributed by atoms with Crippen molar-refractivity contribution >= 4 is 15.9 Å². The number of hydrogen-bond acceptors (Lipinski definition) is 6. The minimum atomic E-state index is -3.68. The highest BCUT2D eigenvalue weighted by Crippen LogP contribution is 2.32. The van der Waals surface area contributed by atoms with Crippen LogP contribution in [0.4, 0.5) is 0 Å². The summed E-state index contributed by atoms with van der Waals surface area (Å²) >= 11 is 0. The van der Waals surface area contributed by atoms with Crippen molar-refractivity contribution in [3.63, 3.8) is 0 Å². The van der Waals surface area contributed by atoms with Crippen molar-refractivity contribution in [2.75, 3.05) is 40.0 Å². The average molecular weight is 566 g/mol. The van der Waals surface area contributed by atoms with E-state index in [9.17, 15) is 13.2 Å². The average Bonchev–Trinajstić information content (AvgIpc) is 2.96. The van der Waals surface area contributed by atoms with Gasteiger partial charge in [-0.25, -0.2) is 13.1 Å². The molecule has 3 aromatic rings. The van der Waals surface area contributed by atoms with Gasteiger partial charge in [0.1, 0.15) is 5.75 Å². The Morgan fingerprint density at radius 1 is 0.975 bits per heavy atom. The van der Waals surface area contributed by atoms with Crippen molar-refractivity contribution in [2.24, 2.45) is 5.92 Å². The van der Waals surface area contributed by atoms with Crippen LogP contribution in [-0.2, 0) is 19.6 Å². The molecule has 0 aromatic heterocycles. The number of carbonyl (C=O) groups excluding carboxylic acids is 1. The lowest BCUT2D eigenvalue weighted by Gasteiger charge is -2.30. The Morgan fingerprint density at radius 3 is 2.45 bits per heavy atom. The Morgan fingerprint density at radius 2 is 1.70 bits per heavy atom. The summed E-state index contributed by atoms with van der Waals surface area (Å²) in [4.78, 5) is 13.6. The van der Waals surface area contributed by atoms with Gasteiger partial charge < -0.3 is 20.1 Å². The van der Waals surface area contributed by atoms with Gasteiger partial charge in [0.05, 0.1) is 17.4 Å². The van der Waals surface area contributed by atoms with Crippen molar-refractivity contribution < 1.29 is 22.7 Å². The molecule has 1 fully saturated rings. The first-order chi connectivity index (χ1) is 19.4. The number of hydrogen-bond donors (Lipinski definition) is 3. The third-order valence-corrected chi connectivity index (χ3v) is 8.64. The van der Waals surface area contributed by atoms with Gasteiger partial charge in [0.25, 0.3) is 0 Å². The number of sulfonamides is 1. The molecule has 1 aliphatic heterocycles. The van der Waals surface area contributed by atoms with Crippen molar-refractivity contribution in [3.05, 3.63) is 95.6 Å². The molecule has 0 spiro atoms. The number of nitrogens with one attached hydrogen (secondary N) is 3. The number of rotatable bonds is 13. The number of piperidine rings is 1. The zero-order valence-corrected chi connectivity index (χ0v) is 24.0. The van der Waals surface area contributed by atoms with Crippen LogP contribution in [0, 0.1) is 12.8 Å². The molecule has 40 heavy (non-hydrogen) atoms. The quantitative estimate of drug-likeness (QED) is 0.274. The SMILES string of the molecule is COCCCOc1ccccc1C(CNC(=O)[C@@H]1CNC[C@H](NS(=O)(=O)c2ccc(C)cc2)C1)c1ccccc1. The standard InChI is InChI=1S/C31H39N3O5S/c1-23-13-15-27(16-14-23)40(36,37)34-26-19-25(20-32-21-26)31(35)33-22-29(24-9-4-3-5-10-24)28-11-6-7-12-30(28)39-18-8-17-38-2/h3-7,9-16,25-26,29,32,34H,8,17-22H2,1-2H3,(H,33,35)/t25-,26+,29?/m0/s1. The highest BCUT2D eigenvalue weighted by molar-refractivity contribution is 7.89. The number of methoxy groups -OCH3 is 1. The van der Waals surface area contributed by atoms with Crippen LogP contribution in [0.5, 0.6) is 5.75 Å². The van der Waals surface area contributed by atoms with Crippen LogP contribution in [0.3, 0.4) is 0 Å². The fourth-order valence-electron chi connectivity index (χ4n) is 4.96. The molecule has 8 nitrogen and oxygen atoms in total. The number of amides is 1. The molecule has 214 valence electrons. The van der Waals surface area contributed by atoms with E-state index in [-0.39, 0.29) is 28.7 Å². The highest BCUT2D eigenvalue weighted by Gasteiger charge is 2.31. The van der Waals surface area contributed by atoms with Crippen molar-refractivity contribution in [3.8, 4) is 5.75 Å². The largest absolute Gasteiger partial charge is 0.493 e. The third-order valence-electron chi connectivity index (χ3n) is 7.10. The summed E-state index contributed by atoms with van der Waals surface area (Å²) in [5.74, 6) is 0.199. The van der Waals surface area contributed by atoms with E-state index < -0.39 is 10.0 Å². The van der Waals surface area contributed by atoms with Gasteiger partial charge in [-0.1, -0.05) is 66.2 Å². The summed E-state index contributed by atoms with van der Waals surface area (Å²) in [7, 11) is -2.01. The molecule has 4 rings (SSSR count). The molecule has 1 unspecified atom stereocenters. The molecule has 3 N–H and O–H groups in total. The number of ether oxygens (including phenoxy) is 2. The Hall–Kier alpha value is -3.24. The van der Waals surface area contributed by atoms with E-state index >= 15 is 0 Å². The van der Waals surface area contributed by atoms with Gasteiger partial charge in [-0.05, 0) is 37.1 Å². The molecule has 0 bridgehead atoms. The highest BCUT2D eigenvalue weighted by atomic mass is 32.2. The summed E-state index contributed by atoms with van der Waals surface area (Å²) in [6.07, 6.45) is 1.19. The van der Waals surface area contributed by atoms with E-state index in [4.69, 9.17) is 9.47 Å². The van der Waals surface area contributed by atoms with Crippen molar-refractivity contribution in [1.82, 2.24) is 15.4 Å². The third kappa shape index (κ3) is 8.14. The molecule has 0 radical (unpaired) electrons. The maximum absolute atomic E-state index is 13.3. The van der Waals surface area contributed by atoms with Gasteiger partial charge >= 0.3 is 0 Å². The summed E-state index contributed by atoms with van der Waals surface area (Å²) in [6, 6.07) is 24.3. The zero-order chi connectivity index (χ0) is 28.4. The number of para-hydroxylation sites is 1. The summed E-state index contributed by atoms with van der Waals surface area (Å²) in [5.41, 5.74) is 3.06. The van der Waals surface area contributed by atoms with Crippen LogP contribution in [0.1, 0.15) is 35.4 Å². The molecule has 3 aromatic carbocycles. The van der Waals surface area contributed by atoms with E-state index in [2.05, 4.69) is 27.5 Å². The van der Waals surface area contributed by atoms with E-state index in [1.54, 1.807) is 31.4 Å². The second kappa shape index (κ2) is 14.4. The first kappa shape index (κ1) is 29.7. The van der Waals surface area contributed by atoms with Crippen LogP contribution in [0.25, 0.3) is 0 Å². The lowest BCUT2D eigenvalue weighted by Crippen LogP contribution is -2.52. The Labute approximate surface area is 237 Å². The topological polar surface area (TPSA) is 106 Å². The number of aryl methyl sites for hydroxylation is 1. The van der Waals surface area contributed by atoms with Gasteiger partial charge in [0.2, 0.25) is 15.9 Å². The van der Waals surface area contributed by atoms with Gasteiger partial charge in [-0.3, -0.25) is 4.79 Å². The Bertz CT molecular complexity index is 1330. The van der Waals surface area contributed by atoms with Gasteiger partial charge in [-0.2, -0.15) is 0 Å². The number of benzene rings is 3. The predicted molar refractivity (Wildman–Crippen MR) is 156 cm³/mol. The van der Waals surface area contributed by atoms with Gasteiger partial charge in [0, 0.05) is 57.3 Å². The molecule has 1 heterocycles. The smallest absolute Gasteiger partial charge is 0.240 e. The fourth-order valence-corrected chi connectivity index (χ4v) is 6.21. The van der Waals surface area contributed by atoms with E-state index in [0.29, 0.717) is 39.3 Å². The molecule has 9 heteroatoms. The number of carbonyl (C=O) groups is 1. The van der Waals surface area contributed by atoms with Gasteiger partial charge in [0.15, 0.2) is 0 Å². The first-order valence-corrected chi connectivity index (χ1v) is 15.2. The summed E-state index contributed by atoms with van der Waals surface area (Å²) in [6.45, 7) is 4.41. The molecule has 1 aliphatic rings. The minimum absolute atomic E-state index is 0.105. The van der Waals surface area contributed by atoms with Crippen LogP contribution in [0.2, 0.25) is 0 Å². The Balaban J connectivity index is 1.42. The molecular weight excluding hydrogens is 526 g/mol. The van der Waals surface area contributed by atoms with E-state index in [1.807, 2.05) is 49.4 Å². The van der Waals surface area contributed by atoms with Crippen molar-refractivity contribution in [2.45, 2.75) is 36.6 Å². The monoisotopic (exact) mass is 565 g/mol. The maximum atomic E-state index is 13.3. The van der Waals surface area contributed by atoms with Crippen molar-refractivity contribution in [1.29, 1.82) is 0 Å². The van der Waals surface area contributed by atoms with Crippen LogP contribution in [-0.4, -0.2) is 60.3 Å². The summed E-state index contributed by atoms with van der Waals surface area (Å²) < 4.78 is 39.8. The lowest BCUT2D eigenvalue weighted by atomic mass is 9.89. The molecule has 0 saturated carbocycles. The molecule has 0 aliphatic carbocycles.